The Morgan fingerprint density at radius 3 is 2.68 bits per heavy atom. The number of fused-ring (bicyclic) bond motifs is 1. The third kappa shape index (κ3) is 4.18. The molecular weight excluding hydrogens is 402 g/mol. The number of benzene rings is 1. The second kappa shape index (κ2) is 7.90. The van der Waals surface area contributed by atoms with E-state index in [4.69, 9.17) is 4.42 Å². The molecule has 0 fully saturated rings. The first kappa shape index (κ1) is 20.3. The minimum atomic E-state index is -4.00. The van der Waals surface area contributed by atoms with Crippen LogP contribution in [0, 0.1) is 5.92 Å². The Morgan fingerprint density at radius 1 is 1.29 bits per heavy atom. The lowest BCUT2D eigenvalue weighted by Gasteiger charge is -2.21. The summed E-state index contributed by atoms with van der Waals surface area (Å²) in [6, 6.07) is 6.98. The van der Waals surface area contributed by atoms with E-state index in [0.717, 1.165) is 4.88 Å². The third-order valence-corrected chi connectivity index (χ3v) is 6.64. The normalized spacial score (nSPS) is 13.1. The summed E-state index contributed by atoms with van der Waals surface area (Å²) in [5, 5.41) is 4.67. The molecule has 3 rings (SSSR count). The van der Waals surface area contributed by atoms with Crippen LogP contribution in [0.15, 0.2) is 49.8 Å². The zero-order chi connectivity index (χ0) is 20.5. The fourth-order valence-electron chi connectivity index (χ4n) is 2.71. The lowest BCUT2D eigenvalue weighted by molar-refractivity contribution is -0.123. The molecule has 0 saturated carbocycles. The smallest absolute Gasteiger partial charge is 0.408 e. The highest BCUT2D eigenvalue weighted by molar-refractivity contribution is 7.89. The number of oxazole rings is 1. The monoisotopic (exact) mass is 423 g/mol. The van der Waals surface area contributed by atoms with Crippen molar-refractivity contribution in [2.24, 2.45) is 13.0 Å². The molecule has 0 aliphatic heterocycles. The van der Waals surface area contributed by atoms with Crippen LogP contribution in [0.3, 0.4) is 0 Å². The summed E-state index contributed by atoms with van der Waals surface area (Å²) in [6.45, 7) is 3.86. The fraction of sp³-hybridized carbons (Fsp3) is 0.333. The van der Waals surface area contributed by atoms with Crippen LogP contribution in [-0.4, -0.2) is 24.9 Å². The van der Waals surface area contributed by atoms with Gasteiger partial charge in [-0.15, -0.1) is 11.3 Å². The zero-order valence-corrected chi connectivity index (χ0v) is 17.3. The first-order valence-corrected chi connectivity index (χ1v) is 11.0. The summed E-state index contributed by atoms with van der Waals surface area (Å²) in [5.41, 5.74) is 0.650. The maximum absolute atomic E-state index is 12.8. The Morgan fingerprint density at radius 2 is 2.04 bits per heavy atom. The van der Waals surface area contributed by atoms with Crippen molar-refractivity contribution in [2.75, 3.05) is 0 Å². The van der Waals surface area contributed by atoms with Crippen molar-refractivity contribution in [1.82, 2.24) is 14.6 Å². The van der Waals surface area contributed by atoms with E-state index < -0.39 is 27.7 Å². The van der Waals surface area contributed by atoms with Gasteiger partial charge in [0.2, 0.25) is 15.9 Å². The van der Waals surface area contributed by atoms with E-state index >= 15 is 0 Å². The molecule has 1 unspecified atom stereocenters. The number of hydrogen-bond donors (Lipinski definition) is 2. The molecular formula is C18H21N3O5S2. The average molecular weight is 424 g/mol. The van der Waals surface area contributed by atoms with Crippen LogP contribution < -0.4 is 15.8 Å². The first-order chi connectivity index (χ1) is 13.2. The van der Waals surface area contributed by atoms with Gasteiger partial charge in [0.25, 0.3) is 0 Å². The molecule has 1 aromatic carbocycles. The highest BCUT2D eigenvalue weighted by atomic mass is 32.2. The molecule has 2 N–H and O–H groups in total. The number of nitrogens with one attached hydrogen (secondary N) is 2. The van der Waals surface area contributed by atoms with Crippen molar-refractivity contribution >= 4 is 38.4 Å². The lowest BCUT2D eigenvalue weighted by atomic mass is 10.1. The molecule has 2 heterocycles. The van der Waals surface area contributed by atoms with Crippen LogP contribution in [-0.2, 0) is 28.4 Å². The molecule has 0 aliphatic rings. The van der Waals surface area contributed by atoms with E-state index in [2.05, 4.69) is 10.0 Å². The van der Waals surface area contributed by atoms with Crippen molar-refractivity contribution in [2.45, 2.75) is 31.3 Å². The van der Waals surface area contributed by atoms with Gasteiger partial charge in [-0.05, 0) is 29.5 Å². The zero-order valence-electron chi connectivity index (χ0n) is 15.6. The Labute approximate surface area is 166 Å². The third-order valence-electron chi connectivity index (χ3n) is 4.32. The number of thiophene rings is 1. The number of rotatable bonds is 7. The molecule has 150 valence electrons. The quantitative estimate of drug-likeness (QED) is 0.602. The largest absolute Gasteiger partial charge is 0.419 e. The highest BCUT2D eigenvalue weighted by Gasteiger charge is 2.28. The molecule has 8 nitrogen and oxygen atoms in total. The van der Waals surface area contributed by atoms with Crippen molar-refractivity contribution in [3.05, 3.63) is 51.1 Å². The van der Waals surface area contributed by atoms with Gasteiger partial charge in [0.15, 0.2) is 5.58 Å². The van der Waals surface area contributed by atoms with E-state index in [0.29, 0.717) is 12.1 Å². The Hall–Kier alpha value is -2.43. The topological polar surface area (TPSA) is 110 Å². The van der Waals surface area contributed by atoms with E-state index in [1.807, 2.05) is 17.5 Å². The van der Waals surface area contributed by atoms with E-state index in [-0.39, 0.29) is 16.4 Å². The minimum absolute atomic E-state index is 0.0777. The highest BCUT2D eigenvalue weighted by Crippen LogP contribution is 2.19. The lowest BCUT2D eigenvalue weighted by Crippen LogP contribution is -2.49. The molecule has 0 saturated heterocycles. The van der Waals surface area contributed by atoms with Crippen molar-refractivity contribution in [1.29, 1.82) is 0 Å². The molecule has 3 aromatic rings. The SMILES string of the molecule is CC(C)C(NS(=O)(=O)c1ccc2c(c1)oc(=O)n2C)C(=O)NCc1cccs1. The summed E-state index contributed by atoms with van der Waals surface area (Å²) in [7, 11) is -2.46. The van der Waals surface area contributed by atoms with Crippen LogP contribution in [0.5, 0.6) is 0 Å². The van der Waals surface area contributed by atoms with Gasteiger partial charge in [-0.25, -0.2) is 13.2 Å². The maximum Gasteiger partial charge on any atom is 0.419 e. The van der Waals surface area contributed by atoms with Crippen LogP contribution in [0.1, 0.15) is 18.7 Å². The summed E-state index contributed by atoms with van der Waals surface area (Å²) in [5.74, 6) is -1.25. The van der Waals surface area contributed by atoms with Crippen molar-refractivity contribution < 1.29 is 17.6 Å². The van der Waals surface area contributed by atoms with Gasteiger partial charge < -0.3 is 9.73 Å². The van der Waals surface area contributed by atoms with Gasteiger partial charge in [0.05, 0.1) is 17.0 Å². The van der Waals surface area contributed by atoms with Gasteiger partial charge in [-0.1, -0.05) is 19.9 Å². The molecule has 28 heavy (non-hydrogen) atoms. The Balaban J connectivity index is 1.81. The van der Waals surface area contributed by atoms with Gasteiger partial charge in [-0.3, -0.25) is 9.36 Å². The second-order valence-corrected chi connectivity index (χ2v) is 9.44. The number of amides is 1. The standard InChI is InChI=1S/C18H21N3O5S2/c1-11(2)16(17(22)19-10-12-5-4-8-27-12)20-28(24,25)13-6-7-14-15(9-13)26-18(23)21(14)3/h4-9,11,16,20H,10H2,1-3H3,(H,19,22). The number of sulfonamides is 1. The number of nitrogens with zero attached hydrogens (tertiary/aromatic N) is 1. The molecule has 1 atom stereocenters. The molecule has 0 radical (unpaired) electrons. The van der Waals surface area contributed by atoms with E-state index in [1.54, 1.807) is 13.8 Å². The number of carbonyl (C=O) groups is 1. The molecule has 2 aromatic heterocycles. The molecule has 1 amide bonds. The Bertz CT molecular complexity index is 1140. The van der Waals surface area contributed by atoms with E-state index in [1.165, 1.54) is 41.2 Å². The van der Waals surface area contributed by atoms with Crippen molar-refractivity contribution in [3.63, 3.8) is 0 Å². The summed E-state index contributed by atoms with van der Waals surface area (Å²) < 4.78 is 34.4. The average Bonchev–Trinajstić information content (AvgIpc) is 3.25. The number of aromatic nitrogens is 1. The number of aryl methyl sites for hydroxylation is 1. The summed E-state index contributed by atoms with van der Waals surface area (Å²) in [6.07, 6.45) is 0. The van der Waals surface area contributed by atoms with Gasteiger partial charge in [-0.2, -0.15) is 4.72 Å². The molecule has 0 spiro atoms. The minimum Gasteiger partial charge on any atom is -0.408 e. The Kier molecular flexibility index (Phi) is 5.73. The summed E-state index contributed by atoms with van der Waals surface area (Å²) >= 11 is 1.51. The predicted molar refractivity (Wildman–Crippen MR) is 107 cm³/mol. The van der Waals surface area contributed by atoms with Gasteiger partial charge in [0, 0.05) is 18.0 Å². The maximum atomic E-state index is 12.8. The predicted octanol–water partition coefficient (Wildman–Crippen LogP) is 1.81. The molecule has 10 heteroatoms. The number of carbonyl (C=O) groups excluding carboxylic acids is 1. The first-order valence-electron chi connectivity index (χ1n) is 8.61. The van der Waals surface area contributed by atoms with Gasteiger partial charge >= 0.3 is 5.76 Å². The van der Waals surface area contributed by atoms with Gasteiger partial charge in [0.1, 0.15) is 6.04 Å². The van der Waals surface area contributed by atoms with Crippen LogP contribution in [0.25, 0.3) is 11.1 Å². The van der Waals surface area contributed by atoms with Crippen LogP contribution in [0.4, 0.5) is 0 Å². The number of hydrogen-bond acceptors (Lipinski definition) is 6. The van der Waals surface area contributed by atoms with Crippen molar-refractivity contribution in [3.8, 4) is 0 Å². The van der Waals surface area contributed by atoms with Crippen LogP contribution in [0.2, 0.25) is 0 Å². The second-order valence-electron chi connectivity index (χ2n) is 6.70. The molecule has 0 bridgehead atoms. The fourth-order valence-corrected chi connectivity index (χ4v) is 4.71. The summed E-state index contributed by atoms with van der Waals surface area (Å²) in [4.78, 5) is 25.1. The molecule has 0 aliphatic carbocycles. The van der Waals surface area contributed by atoms with Crippen LogP contribution >= 0.6 is 11.3 Å². The van der Waals surface area contributed by atoms with E-state index in [9.17, 15) is 18.0 Å².